The summed E-state index contributed by atoms with van der Waals surface area (Å²) >= 11 is 0. The maximum Gasteiger partial charge on any atom is 0.179 e. The molecular weight excluding hydrogens is 214 g/mol. The van der Waals surface area contributed by atoms with E-state index >= 15 is 0 Å². The van der Waals surface area contributed by atoms with Gasteiger partial charge in [0.05, 0.1) is 0 Å². The summed E-state index contributed by atoms with van der Waals surface area (Å²) in [5, 5.41) is 7.45. The summed E-state index contributed by atoms with van der Waals surface area (Å²) in [5.74, 6) is 1.57. The van der Waals surface area contributed by atoms with E-state index in [1.807, 2.05) is 23.7 Å². The molecule has 0 unspecified atom stereocenters. The number of rotatable bonds is 5. The van der Waals surface area contributed by atoms with Crippen LogP contribution in [0.5, 0.6) is 0 Å². The molecule has 0 aliphatic heterocycles. The molecule has 0 radical (unpaired) electrons. The summed E-state index contributed by atoms with van der Waals surface area (Å²) < 4.78 is 1.94. The van der Waals surface area contributed by atoms with Gasteiger partial charge in [0.1, 0.15) is 11.5 Å². The van der Waals surface area contributed by atoms with Gasteiger partial charge < -0.3 is 5.32 Å². The Hall–Kier alpha value is -1.91. The predicted octanol–water partition coefficient (Wildman–Crippen LogP) is 2.18. The zero-order chi connectivity index (χ0) is 12.1. The fraction of sp³-hybridized carbons (Fsp3) is 0.417. The molecule has 0 bridgehead atoms. The second kappa shape index (κ2) is 5.43. The Labute approximate surface area is 101 Å². The van der Waals surface area contributed by atoms with E-state index in [9.17, 15) is 0 Å². The van der Waals surface area contributed by atoms with Crippen molar-refractivity contribution < 1.29 is 0 Å². The van der Waals surface area contributed by atoms with Crippen molar-refractivity contribution in [3.8, 4) is 11.5 Å². The van der Waals surface area contributed by atoms with Crippen LogP contribution in [-0.2, 0) is 6.54 Å². The molecule has 5 nitrogen and oxygen atoms in total. The zero-order valence-electron chi connectivity index (χ0n) is 10.2. The molecule has 90 valence electrons. The average molecular weight is 231 g/mol. The van der Waals surface area contributed by atoms with Gasteiger partial charge >= 0.3 is 0 Å². The Morgan fingerprint density at radius 1 is 1.24 bits per heavy atom. The largest absolute Gasteiger partial charge is 0.370 e. The van der Waals surface area contributed by atoms with Crippen LogP contribution in [0.4, 0.5) is 5.82 Å². The Morgan fingerprint density at radius 3 is 2.88 bits per heavy atom. The lowest BCUT2D eigenvalue weighted by molar-refractivity contribution is 0.607. The fourth-order valence-electron chi connectivity index (χ4n) is 1.67. The first-order valence-corrected chi connectivity index (χ1v) is 5.94. The van der Waals surface area contributed by atoms with Crippen molar-refractivity contribution in [1.82, 2.24) is 19.7 Å². The van der Waals surface area contributed by atoms with E-state index in [-0.39, 0.29) is 0 Å². The van der Waals surface area contributed by atoms with Gasteiger partial charge in [-0.3, -0.25) is 4.68 Å². The van der Waals surface area contributed by atoms with Gasteiger partial charge in [-0.25, -0.2) is 9.97 Å². The molecule has 0 saturated carbocycles. The van der Waals surface area contributed by atoms with Crippen molar-refractivity contribution in [1.29, 1.82) is 0 Å². The third-order valence-electron chi connectivity index (χ3n) is 2.39. The number of nitrogens with one attached hydrogen (secondary N) is 1. The van der Waals surface area contributed by atoms with Crippen molar-refractivity contribution in [2.24, 2.45) is 0 Å². The molecule has 0 aliphatic carbocycles. The minimum atomic E-state index is 0.717. The first-order valence-electron chi connectivity index (χ1n) is 5.94. The predicted molar refractivity (Wildman–Crippen MR) is 67.7 cm³/mol. The van der Waals surface area contributed by atoms with E-state index in [0.717, 1.165) is 36.8 Å². The van der Waals surface area contributed by atoms with Gasteiger partial charge in [0.25, 0.3) is 0 Å². The molecule has 2 rings (SSSR count). The molecule has 0 fully saturated rings. The summed E-state index contributed by atoms with van der Waals surface area (Å²) in [5.41, 5.74) is 0.964. The highest BCUT2D eigenvalue weighted by atomic mass is 15.3. The van der Waals surface area contributed by atoms with Crippen LogP contribution in [0.25, 0.3) is 11.5 Å². The number of aryl methyl sites for hydroxylation is 1. The molecule has 2 heterocycles. The van der Waals surface area contributed by atoms with E-state index in [1.54, 1.807) is 12.4 Å². The molecule has 0 spiro atoms. The van der Waals surface area contributed by atoms with Crippen molar-refractivity contribution in [2.45, 2.75) is 26.8 Å². The Balaban J connectivity index is 2.31. The normalized spacial score (nSPS) is 10.5. The lowest BCUT2D eigenvalue weighted by Gasteiger charge is -2.06. The van der Waals surface area contributed by atoms with E-state index < -0.39 is 0 Å². The highest BCUT2D eigenvalue weighted by Gasteiger charge is 2.08. The van der Waals surface area contributed by atoms with Gasteiger partial charge in [0.15, 0.2) is 5.82 Å². The van der Waals surface area contributed by atoms with Gasteiger partial charge in [0.2, 0.25) is 0 Å². The van der Waals surface area contributed by atoms with Gasteiger partial charge in [-0.2, -0.15) is 5.10 Å². The summed E-state index contributed by atoms with van der Waals surface area (Å²) in [6, 6.07) is 3.81. The number of aromatic nitrogens is 4. The molecule has 0 amide bonds. The molecule has 17 heavy (non-hydrogen) atoms. The van der Waals surface area contributed by atoms with Crippen molar-refractivity contribution in [2.75, 3.05) is 11.9 Å². The number of nitrogens with zero attached hydrogens (tertiary/aromatic N) is 4. The molecule has 0 atom stereocenters. The van der Waals surface area contributed by atoms with E-state index in [1.165, 1.54) is 0 Å². The van der Waals surface area contributed by atoms with Gasteiger partial charge in [0, 0.05) is 25.5 Å². The summed E-state index contributed by atoms with van der Waals surface area (Å²) in [6.07, 6.45) is 4.60. The quantitative estimate of drug-likeness (QED) is 0.857. The first kappa shape index (κ1) is 11.6. The monoisotopic (exact) mass is 231 g/mol. The number of hydrogen-bond acceptors (Lipinski definition) is 4. The van der Waals surface area contributed by atoms with Crippen LogP contribution in [0.3, 0.4) is 0 Å². The van der Waals surface area contributed by atoms with E-state index in [2.05, 4.69) is 27.3 Å². The third-order valence-corrected chi connectivity index (χ3v) is 2.39. The molecule has 0 aliphatic rings. The lowest BCUT2D eigenvalue weighted by atomic mass is 10.3. The lowest BCUT2D eigenvalue weighted by Crippen LogP contribution is -2.05. The molecule has 2 aromatic rings. The second-order valence-corrected chi connectivity index (χ2v) is 3.74. The zero-order valence-corrected chi connectivity index (χ0v) is 10.2. The number of anilines is 1. The van der Waals surface area contributed by atoms with Crippen LogP contribution in [0.15, 0.2) is 24.5 Å². The van der Waals surface area contributed by atoms with Crippen LogP contribution in [-0.4, -0.2) is 26.3 Å². The summed E-state index contributed by atoms with van der Waals surface area (Å²) in [6.45, 7) is 5.91. The molecular formula is C12H17N5. The average Bonchev–Trinajstić information content (AvgIpc) is 2.79. The molecule has 0 saturated heterocycles. The van der Waals surface area contributed by atoms with Crippen LogP contribution in [0.1, 0.15) is 20.3 Å². The van der Waals surface area contributed by atoms with Crippen molar-refractivity contribution in [3.63, 3.8) is 0 Å². The Kier molecular flexibility index (Phi) is 3.69. The maximum absolute atomic E-state index is 4.46. The minimum absolute atomic E-state index is 0.717. The standard InChI is InChI=1S/C12H17N5/c1-3-9-17-10(5-8-15-17)12-14-7-6-11(16-12)13-4-2/h5-8H,3-4,9H2,1-2H3,(H,13,14,16). The minimum Gasteiger partial charge on any atom is -0.370 e. The Morgan fingerprint density at radius 2 is 2.12 bits per heavy atom. The van der Waals surface area contributed by atoms with Gasteiger partial charge in [-0.15, -0.1) is 0 Å². The van der Waals surface area contributed by atoms with E-state index in [0.29, 0.717) is 0 Å². The molecule has 2 aromatic heterocycles. The number of hydrogen-bond donors (Lipinski definition) is 1. The van der Waals surface area contributed by atoms with Crippen molar-refractivity contribution in [3.05, 3.63) is 24.5 Å². The van der Waals surface area contributed by atoms with E-state index in [4.69, 9.17) is 0 Å². The highest BCUT2D eigenvalue weighted by molar-refractivity contribution is 5.52. The maximum atomic E-state index is 4.46. The fourth-order valence-corrected chi connectivity index (χ4v) is 1.67. The topological polar surface area (TPSA) is 55.6 Å². The Bertz CT molecular complexity index is 477. The van der Waals surface area contributed by atoms with Crippen LogP contribution < -0.4 is 5.32 Å². The van der Waals surface area contributed by atoms with Gasteiger partial charge in [-0.05, 0) is 25.5 Å². The smallest absolute Gasteiger partial charge is 0.179 e. The van der Waals surface area contributed by atoms with Crippen molar-refractivity contribution >= 4 is 5.82 Å². The highest BCUT2D eigenvalue weighted by Crippen LogP contribution is 2.16. The summed E-state index contributed by atoms with van der Waals surface area (Å²) in [4.78, 5) is 8.76. The van der Waals surface area contributed by atoms with Gasteiger partial charge in [-0.1, -0.05) is 6.92 Å². The van der Waals surface area contributed by atoms with Crippen LogP contribution in [0, 0.1) is 0 Å². The second-order valence-electron chi connectivity index (χ2n) is 3.74. The molecule has 5 heteroatoms. The third kappa shape index (κ3) is 2.61. The summed E-state index contributed by atoms with van der Waals surface area (Å²) in [7, 11) is 0. The molecule has 0 aromatic carbocycles. The first-order chi connectivity index (χ1) is 8.35. The molecule has 1 N–H and O–H groups in total. The SMILES string of the molecule is CCCn1nccc1-c1nccc(NCC)n1. The van der Waals surface area contributed by atoms with Crippen LogP contribution >= 0.6 is 0 Å². The van der Waals surface area contributed by atoms with Crippen LogP contribution in [0.2, 0.25) is 0 Å².